The highest BCUT2D eigenvalue weighted by Crippen LogP contribution is 2.38. The van der Waals surface area contributed by atoms with Crippen molar-refractivity contribution in [3.05, 3.63) is 60.7 Å². The third-order valence-corrected chi connectivity index (χ3v) is 8.65. The third-order valence-electron chi connectivity index (χ3n) is 4.89. The number of amides is 1. The lowest BCUT2D eigenvalue weighted by Crippen LogP contribution is -2.48. The molecule has 2 heterocycles. The van der Waals surface area contributed by atoms with E-state index in [1.165, 1.54) is 46.6 Å². The lowest BCUT2D eigenvalue weighted by Gasteiger charge is -2.34. The Balaban J connectivity index is 1.62. The third kappa shape index (κ3) is 5.03. The maximum atomic E-state index is 13.5. The quantitative estimate of drug-likeness (QED) is 0.273. The Morgan fingerprint density at radius 1 is 1.32 bits per heavy atom. The zero-order valence-electron chi connectivity index (χ0n) is 18.4. The number of ether oxygens (including phenoxy) is 2. The second-order valence-corrected chi connectivity index (χ2v) is 11.4. The van der Waals surface area contributed by atoms with Gasteiger partial charge in [0, 0.05) is 5.75 Å². The zero-order chi connectivity index (χ0) is 24.3. The van der Waals surface area contributed by atoms with E-state index in [1.54, 1.807) is 36.4 Å². The van der Waals surface area contributed by atoms with Crippen molar-refractivity contribution in [1.29, 1.82) is 0 Å². The van der Waals surface area contributed by atoms with Crippen LogP contribution in [0.25, 0.3) is 0 Å². The van der Waals surface area contributed by atoms with Crippen molar-refractivity contribution in [3.63, 3.8) is 0 Å². The van der Waals surface area contributed by atoms with Gasteiger partial charge in [-0.15, -0.1) is 16.8 Å². The lowest BCUT2D eigenvalue weighted by atomic mass is 10.1. The predicted octanol–water partition coefficient (Wildman–Crippen LogP) is 3.73. The molecule has 0 unspecified atom stereocenters. The number of anilines is 2. The second kappa shape index (κ2) is 10.0. The first-order valence-corrected chi connectivity index (χ1v) is 13.4. The average Bonchev–Trinajstić information content (AvgIpc) is 3.28. The Labute approximate surface area is 205 Å². The number of hydrogen-bond acceptors (Lipinski definition) is 9. The minimum Gasteiger partial charge on any atom is -0.497 e. The molecule has 4 rings (SSSR count). The molecule has 1 aliphatic rings. The first-order valence-electron chi connectivity index (χ1n) is 10.1. The summed E-state index contributed by atoms with van der Waals surface area (Å²) in [5.74, 6) is 1.00. The number of fused-ring (bicyclic) bond motifs is 1. The van der Waals surface area contributed by atoms with E-state index in [-0.39, 0.29) is 11.4 Å². The number of nitrogens with one attached hydrogen (secondary N) is 1. The Morgan fingerprint density at radius 3 is 2.79 bits per heavy atom. The first-order chi connectivity index (χ1) is 16.3. The SMILES string of the molecule is C=CCSc1nnc(NC(=O)[C@H]2CN(S(=O)(=O)c3ccc(OC)cc3)c3ccc(C)cc3O2)s1. The number of sulfonamides is 1. The molecule has 178 valence electrons. The van der Waals surface area contributed by atoms with Gasteiger partial charge in [-0.2, -0.15) is 0 Å². The molecule has 34 heavy (non-hydrogen) atoms. The minimum atomic E-state index is -3.98. The largest absolute Gasteiger partial charge is 0.497 e. The Hall–Kier alpha value is -3.09. The van der Waals surface area contributed by atoms with Crippen molar-refractivity contribution < 1.29 is 22.7 Å². The summed E-state index contributed by atoms with van der Waals surface area (Å²) >= 11 is 2.67. The van der Waals surface area contributed by atoms with Gasteiger partial charge < -0.3 is 9.47 Å². The fourth-order valence-electron chi connectivity index (χ4n) is 3.23. The molecule has 12 heteroatoms. The van der Waals surface area contributed by atoms with Crippen LogP contribution in [0.5, 0.6) is 11.5 Å². The first kappa shape index (κ1) is 24.0. The highest BCUT2D eigenvalue weighted by atomic mass is 32.2. The molecule has 0 bridgehead atoms. The van der Waals surface area contributed by atoms with Crippen LogP contribution in [0.3, 0.4) is 0 Å². The number of rotatable bonds is 8. The predicted molar refractivity (Wildman–Crippen MR) is 133 cm³/mol. The van der Waals surface area contributed by atoms with E-state index in [1.807, 2.05) is 6.92 Å². The molecule has 0 aliphatic carbocycles. The van der Waals surface area contributed by atoms with E-state index in [0.717, 1.165) is 5.56 Å². The van der Waals surface area contributed by atoms with Gasteiger partial charge in [-0.3, -0.25) is 14.4 Å². The molecule has 1 amide bonds. The highest BCUT2D eigenvalue weighted by molar-refractivity contribution is 8.01. The van der Waals surface area contributed by atoms with Crippen molar-refractivity contribution in [2.45, 2.75) is 22.3 Å². The summed E-state index contributed by atoms with van der Waals surface area (Å²) < 4.78 is 40.0. The number of aryl methyl sites for hydroxylation is 1. The van der Waals surface area contributed by atoms with Gasteiger partial charge in [-0.1, -0.05) is 35.2 Å². The van der Waals surface area contributed by atoms with Gasteiger partial charge in [-0.05, 0) is 48.9 Å². The van der Waals surface area contributed by atoms with Crippen LogP contribution < -0.4 is 19.1 Å². The molecule has 9 nitrogen and oxygen atoms in total. The van der Waals surface area contributed by atoms with E-state index >= 15 is 0 Å². The van der Waals surface area contributed by atoms with Crippen molar-refractivity contribution in [2.75, 3.05) is 29.0 Å². The Kier molecular flexibility index (Phi) is 7.10. The van der Waals surface area contributed by atoms with Crippen LogP contribution in [0.15, 0.2) is 64.4 Å². The van der Waals surface area contributed by atoms with Crippen LogP contribution in [0.1, 0.15) is 5.56 Å². The second-order valence-electron chi connectivity index (χ2n) is 7.25. The molecule has 0 spiro atoms. The molecular formula is C22H22N4O5S3. The van der Waals surface area contributed by atoms with E-state index in [2.05, 4.69) is 22.1 Å². The van der Waals surface area contributed by atoms with Gasteiger partial charge in [0.1, 0.15) is 11.5 Å². The Morgan fingerprint density at radius 2 is 2.09 bits per heavy atom. The zero-order valence-corrected chi connectivity index (χ0v) is 20.9. The molecule has 0 radical (unpaired) electrons. The van der Waals surface area contributed by atoms with Crippen LogP contribution >= 0.6 is 23.1 Å². The summed E-state index contributed by atoms with van der Waals surface area (Å²) in [4.78, 5) is 13.1. The lowest BCUT2D eigenvalue weighted by molar-refractivity contribution is -0.122. The van der Waals surface area contributed by atoms with E-state index < -0.39 is 22.0 Å². The van der Waals surface area contributed by atoms with Gasteiger partial charge in [0.25, 0.3) is 15.9 Å². The van der Waals surface area contributed by atoms with Gasteiger partial charge in [0.2, 0.25) is 5.13 Å². The fourth-order valence-corrected chi connectivity index (χ4v) is 6.23. The van der Waals surface area contributed by atoms with Gasteiger partial charge >= 0.3 is 0 Å². The molecule has 1 aliphatic heterocycles. The van der Waals surface area contributed by atoms with E-state index in [4.69, 9.17) is 9.47 Å². The molecule has 3 aromatic rings. The number of carbonyl (C=O) groups excluding carboxylic acids is 1. The molecule has 1 atom stereocenters. The van der Waals surface area contributed by atoms with Crippen LogP contribution in [0.2, 0.25) is 0 Å². The topological polar surface area (TPSA) is 111 Å². The van der Waals surface area contributed by atoms with Crippen LogP contribution in [0, 0.1) is 6.92 Å². The average molecular weight is 519 g/mol. The highest BCUT2D eigenvalue weighted by Gasteiger charge is 2.38. The Bertz CT molecular complexity index is 1310. The van der Waals surface area contributed by atoms with Crippen molar-refractivity contribution in [3.8, 4) is 11.5 Å². The molecule has 0 saturated heterocycles. The monoisotopic (exact) mass is 518 g/mol. The number of carbonyl (C=O) groups is 1. The smallest absolute Gasteiger partial charge is 0.269 e. The summed E-state index contributed by atoms with van der Waals surface area (Å²) in [6.45, 7) is 5.32. The molecule has 1 N–H and O–H groups in total. The van der Waals surface area contributed by atoms with Crippen molar-refractivity contribution in [2.24, 2.45) is 0 Å². The standard InChI is InChI=1S/C22H22N4O5S3/c1-4-11-32-22-25-24-21(33-22)23-20(27)19-13-26(17-10-5-14(2)12-18(17)31-19)34(28,29)16-8-6-15(30-3)7-9-16/h4-10,12,19H,1,11,13H2,2-3H3,(H,23,24,27)/t19-/m1/s1. The van der Waals surface area contributed by atoms with Crippen LogP contribution in [-0.4, -0.2) is 50.0 Å². The summed E-state index contributed by atoms with van der Waals surface area (Å²) in [6, 6.07) is 11.3. The maximum Gasteiger partial charge on any atom is 0.269 e. The number of methoxy groups -OCH3 is 1. The molecule has 0 fully saturated rings. The van der Waals surface area contributed by atoms with Crippen molar-refractivity contribution in [1.82, 2.24) is 10.2 Å². The van der Waals surface area contributed by atoms with Gasteiger partial charge in [0.15, 0.2) is 10.4 Å². The van der Waals surface area contributed by atoms with Crippen LogP contribution in [-0.2, 0) is 14.8 Å². The maximum absolute atomic E-state index is 13.5. The normalized spacial score (nSPS) is 15.2. The summed E-state index contributed by atoms with van der Waals surface area (Å²) in [7, 11) is -2.47. The van der Waals surface area contributed by atoms with E-state index in [9.17, 15) is 13.2 Å². The summed E-state index contributed by atoms with van der Waals surface area (Å²) in [5.41, 5.74) is 1.24. The number of hydrogen-bond donors (Lipinski definition) is 1. The number of benzene rings is 2. The van der Waals surface area contributed by atoms with Gasteiger partial charge in [0.05, 0.1) is 24.2 Å². The number of nitrogens with zero attached hydrogens (tertiary/aromatic N) is 3. The minimum absolute atomic E-state index is 0.0777. The van der Waals surface area contributed by atoms with Gasteiger partial charge in [-0.25, -0.2) is 8.42 Å². The van der Waals surface area contributed by atoms with E-state index in [0.29, 0.717) is 32.4 Å². The van der Waals surface area contributed by atoms with Crippen LogP contribution in [0.4, 0.5) is 10.8 Å². The summed E-state index contributed by atoms with van der Waals surface area (Å²) in [6.07, 6.45) is 0.660. The summed E-state index contributed by atoms with van der Waals surface area (Å²) in [5, 5.41) is 11.0. The number of aromatic nitrogens is 2. The molecule has 1 aromatic heterocycles. The molecular weight excluding hydrogens is 496 g/mol. The molecule has 0 saturated carbocycles. The number of thioether (sulfide) groups is 1. The fraction of sp³-hybridized carbons (Fsp3) is 0.227. The van der Waals surface area contributed by atoms with Crippen molar-refractivity contribution >= 4 is 49.8 Å². The molecule has 2 aromatic carbocycles.